The van der Waals surface area contributed by atoms with E-state index >= 15 is 0 Å². The van der Waals surface area contributed by atoms with Crippen LogP contribution in [0.25, 0.3) is 0 Å². The molecule has 7 heteroatoms. The van der Waals surface area contributed by atoms with Gasteiger partial charge in [-0.3, -0.25) is 4.79 Å². The number of carbonyl (C=O) groups is 1. The molecular weight excluding hydrogens is 395 g/mol. The summed E-state index contributed by atoms with van der Waals surface area (Å²) in [6.07, 6.45) is 6.23. The Morgan fingerprint density at radius 2 is 1.82 bits per heavy atom. The first kappa shape index (κ1) is 19.5. The van der Waals surface area contributed by atoms with Gasteiger partial charge in [-0.25, -0.2) is 4.99 Å². The number of nitrogens with one attached hydrogen (secondary N) is 1. The largest absolute Gasteiger partial charge is 0.393 e. The van der Waals surface area contributed by atoms with Crippen molar-refractivity contribution in [1.82, 2.24) is 15.1 Å². The molecule has 0 aromatic heterocycles. The Bertz CT molecular complexity index is 376. The summed E-state index contributed by atoms with van der Waals surface area (Å²) in [7, 11) is 3.50. The first-order valence-electron chi connectivity index (χ1n) is 8.00. The van der Waals surface area contributed by atoms with Gasteiger partial charge in [-0.15, -0.1) is 24.0 Å². The molecule has 2 N–H and O–H groups in total. The molecule has 0 aromatic rings. The molecule has 2 rings (SSSR count). The second-order valence-electron chi connectivity index (χ2n) is 6.27. The Balaban J connectivity index is 0.00000242. The predicted octanol–water partition coefficient (Wildman–Crippen LogP) is 1.04. The van der Waals surface area contributed by atoms with Crippen molar-refractivity contribution in [2.45, 2.75) is 50.7 Å². The number of rotatable bonds is 3. The van der Waals surface area contributed by atoms with E-state index in [1.807, 2.05) is 0 Å². The average molecular weight is 424 g/mol. The van der Waals surface area contributed by atoms with E-state index in [-0.39, 0.29) is 42.5 Å². The van der Waals surface area contributed by atoms with E-state index in [0.29, 0.717) is 6.04 Å². The summed E-state index contributed by atoms with van der Waals surface area (Å²) in [6.45, 7) is 1.78. The van der Waals surface area contributed by atoms with Crippen molar-refractivity contribution in [2.24, 2.45) is 4.99 Å². The molecule has 1 saturated heterocycles. The highest BCUT2D eigenvalue weighted by Gasteiger charge is 2.23. The number of hydrogen-bond donors (Lipinski definition) is 2. The third-order valence-electron chi connectivity index (χ3n) is 4.32. The van der Waals surface area contributed by atoms with Crippen LogP contribution in [-0.2, 0) is 4.79 Å². The maximum absolute atomic E-state index is 11.8. The standard InChI is InChI=1S/C15H28N4O2.HI/c1-18(2)14(21)11-16-15(17-12-5-3-4-6-12)19-9-7-13(20)8-10-19;/h12-13,20H,3-11H2,1-2H3,(H,16,17);1H. The van der Waals surface area contributed by atoms with E-state index in [0.717, 1.165) is 31.9 Å². The van der Waals surface area contributed by atoms with Crippen molar-refractivity contribution < 1.29 is 9.90 Å². The molecule has 0 radical (unpaired) electrons. The smallest absolute Gasteiger partial charge is 0.243 e. The highest BCUT2D eigenvalue weighted by Crippen LogP contribution is 2.18. The van der Waals surface area contributed by atoms with Crippen LogP contribution in [0.3, 0.4) is 0 Å². The van der Waals surface area contributed by atoms with Gasteiger partial charge in [0.2, 0.25) is 5.91 Å². The molecule has 0 spiro atoms. The summed E-state index contributed by atoms with van der Waals surface area (Å²) < 4.78 is 0. The number of amides is 1. The lowest BCUT2D eigenvalue weighted by Crippen LogP contribution is -2.49. The number of halogens is 1. The number of aliphatic imine (C=N–C) groups is 1. The first-order valence-corrected chi connectivity index (χ1v) is 8.00. The fourth-order valence-electron chi connectivity index (χ4n) is 2.85. The van der Waals surface area contributed by atoms with Crippen molar-refractivity contribution in [3.63, 3.8) is 0 Å². The molecule has 128 valence electrons. The molecule has 1 aliphatic carbocycles. The van der Waals surface area contributed by atoms with E-state index in [9.17, 15) is 9.90 Å². The van der Waals surface area contributed by atoms with Crippen molar-refractivity contribution in [3.05, 3.63) is 0 Å². The number of guanidine groups is 1. The van der Waals surface area contributed by atoms with Gasteiger partial charge in [0.1, 0.15) is 6.54 Å². The third kappa shape index (κ3) is 5.91. The highest BCUT2D eigenvalue weighted by atomic mass is 127. The van der Waals surface area contributed by atoms with Crippen LogP contribution in [0, 0.1) is 0 Å². The Morgan fingerprint density at radius 1 is 1.23 bits per heavy atom. The number of aliphatic hydroxyl groups is 1. The van der Waals surface area contributed by atoms with Gasteiger partial charge >= 0.3 is 0 Å². The van der Waals surface area contributed by atoms with Gasteiger partial charge in [0, 0.05) is 33.2 Å². The number of aliphatic hydroxyl groups excluding tert-OH is 1. The lowest BCUT2D eigenvalue weighted by atomic mass is 10.1. The van der Waals surface area contributed by atoms with E-state index < -0.39 is 0 Å². The van der Waals surface area contributed by atoms with Gasteiger partial charge in [0.25, 0.3) is 0 Å². The van der Waals surface area contributed by atoms with Crippen LogP contribution in [0.2, 0.25) is 0 Å². The van der Waals surface area contributed by atoms with Crippen molar-refractivity contribution in [1.29, 1.82) is 0 Å². The minimum atomic E-state index is -0.197. The van der Waals surface area contributed by atoms with Crippen molar-refractivity contribution in [2.75, 3.05) is 33.7 Å². The van der Waals surface area contributed by atoms with Gasteiger partial charge in [0.05, 0.1) is 6.10 Å². The number of piperidine rings is 1. The fourth-order valence-corrected chi connectivity index (χ4v) is 2.85. The summed E-state index contributed by atoms with van der Waals surface area (Å²) in [5.41, 5.74) is 0. The number of carbonyl (C=O) groups excluding carboxylic acids is 1. The second-order valence-corrected chi connectivity index (χ2v) is 6.27. The lowest BCUT2D eigenvalue weighted by molar-refractivity contribution is -0.127. The molecular formula is C15H29IN4O2. The highest BCUT2D eigenvalue weighted by molar-refractivity contribution is 14.0. The first-order chi connectivity index (χ1) is 10.1. The molecule has 2 aliphatic rings. The average Bonchev–Trinajstić information content (AvgIpc) is 2.97. The predicted molar refractivity (Wildman–Crippen MR) is 98.6 cm³/mol. The van der Waals surface area contributed by atoms with Crippen LogP contribution in [0.4, 0.5) is 0 Å². The van der Waals surface area contributed by atoms with E-state index in [1.165, 1.54) is 25.7 Å². The SMILES string of the molecule is CN(C)C(=O)CN=C(NC1CCCC1)N1CCC(O)CC1.I. The number of likely N-dealkylation sites (tertiary alicyclic amines) is 1. The van der Waals surface area contributed by atoms with Crippen LogP contribution in [-0.4, -0.2) is 72.6 Å². The molecule has 1 heterocycles. The quantitative estimate of drug-likeness (QED) is 0.404. The Labute approximate surface area is 150 Å². The number of nitrogens with zero attached hydrogens (tertiary/aromatic N) is 3. The fraction of sp³-hybridized carbons (Fsp3) is 0.867. The molecule has 1 amide bonds. The zero-order valence-corrected chi connectivity index (χ0v) is 16.0. The van der Waals surface area contributed by atoms with Gasteiger partial charge in [-0.05, 0) is 25.7 Å². The molecule has 0 unspecified atom stereocenters. The van der Waals surface area contributed by atoms with E-state index in [4.69, 9.17) is 0 Å². The second kappa shape index (κ2) is 9.54. The summed E-state index contributed by atoms with van der Waals surface area (Å²) in [6, 6.07) is 0.477. The molecule has 1 saturated carbocycles. The minimum absolute atomic E-state index is 0. The Kier molecular flexibility index (Phi) is 8.45. The van der Waals surface area contributed by atoms with Crippen LogP contribution < -0.4 is 5.32 Å². The van der Waals surface area contributed by atoms with E-state index in [1.54, 1.807) is 19.0 Å². The minimum Gasteiger partial charge on any atom is -0.393 e. The van der Waals surface area contributed by atoms with Gasteiger partial charge in [-0.1, -0.05) is 12.8 Å². The van der Waals surface area contributed by atoms with E-state index in [2.05, 4.69) is 15.2 Å². The summed E-state index contributed by atoms with van der Waals surface area (Å²) in [5.74, 6) is 0.849. The third-order valence-corrected chi connectivity index (χ3v) is 4.32. The number of likely N-dealkylation sites (N-methyl/N-ethyl adjacent to an activating group) is 1. The molecule has 2 fully saturated rings. The molecule has 0 atom stereocenters. The lowest BCUT2D eigenvalue weighted by Gasteiger charge is -2.33. The van der Waals surface area contributed by atoms with Crippen LogP contribution in [0.1, 0.15) is 38.5 Å². The Morgan fingerprint density at radius 3 is 2.36 bits per heavy atom. The molecule has 22 heavy (non-hydrogen) atoms. The van der Waals surface area contributed by atoms with Crippen LogP contribution in [0.5, 0.6) is 0 Å². The molecule has 0 bridgehead atoms. The van der Waals surface area contributed by atoms with Crippen LogP contribution >= 0.6 is 24.0 Å². The summed E-state index contributed by atoms with van der Waals surface area (Å²) in [4.78, 5) is 20.0. The Hall–Kier alpha value is -0.570. The van der Waals surface area contributed by atoms with Gasteiger partial charge < -0.3 is 20.2 Å². The monoisotopic (exact) mass is 424 g/mol. The zero-order valence-electron chi connectivity index (χ0n) is 13.6. The topological polar surface area (TPSA) is 68.2 Å². The zero-order chi connectivity index (χ0) is 15.2. The maximum Gasteiger partial charge on any atom is 0.243 e. The summed E-state index contributed by atoms with van der Waals surface area (Å²) >= 11 is 0. The van der Waals surface area contributed by atoms with Crippen LogP contribution in [0.15, 0.2) is 4.99 Å². The molecule has 1 aliphatic heterocycles. The summed E-state index contributed by atoms with van der Waals surface area (Å²) in [5, 5.41) is 13.2. The van der Waals surface area contributed by atoms with Crippen molar-refractivity contribution in [3.8, 4) is 0 Å². The van der Waals surface area contributed by atoms with Gasteiger partial charge in [-0.2, -0.15) is 0 Å². The van der Waals surface area contributed by atoms with Crippen molar-refractivity contribution >= 4 is 35.8 Å². The normalized spacial score (nSPS) is 20.7. The number of hydrogen-bond acceptors (Lipinski definition) is 3. The maximum atomic E-state index is 11.8. The molecule has 6 nitrogen and oxygen atoms in total. The molecule has 0 aromatic carbocycles. The van der Waals surface area contributed by atoms with Gasteiger partial charge in [0.15, 0.2) is 5.96 Å².